The lowest BCUT2D eigenvalue weighted by molar-refractivity contribution is 0.0201. The molecule has 2 aliphatic rings. The van der Waals surface area contributed by atoms with Crippen molar-refractivity contribution < 1.29 is 9.84 Å². The third-order valence-electron chi connectivity index (χ3n) is 4.91. The van der Waals surface area contributed by atoms with Crippen LogP contribution in [0.25, 0.3) is 0 Å². The van der Waals surface area contributed by atoms with Gasteiger partial charge >= 0.3 is 0 Å². The first-order chi connectivity index (χ1) is 10.2. The summed E-state index contributed by atoms with van der Waals surface area (Å²) < 4.78 is 5.33. The van der Waals surface area contributed by atoms with E-state index >= 15 is 0 Å². The zero-order valence-corrected chi connectivity index (χ0v) is 12.1. The predicted molar refractivity (Wildman–Crippen MR) is 82.8 cm³/mol. The molecule has 1 aliphatic heterocycles. The molecule has 2 atom stereocenters. The standard InChI is InChI=1S/C18H19NO2/c1-21-14-7-6-12-8-9-18(20,15(12)11-14)17-10-13-4-2-3-5-16(13)19-17/h2-7,11,17,19-20H,8-10H2,1H3. The smallest absolute Gasteiger partial charge is 0.119 e. The minimum absolute atomic E-state index is 0.0308. The van der Waals surface area contributed by atoms with Crippen LogP contribution in [-0.2, 0) is 18.4 Å². The summed E-state index contributed by atoms with van der Waals surface area (Å²) in [4.78, 5) is 0. The van der Waals surface area contributed by atoms with Crippen molar-refractivity contribution >= 4 is 5.69 Å². The highest BCUT2D eigenvalue weighted by Crippen LogP contribution is 2.45. The molecular formula is C18H19NO2. The molecule has 2 aromatic rings. The van der Waals surface area contributed by atoms with Gasteiger partial charge in [0.05, 0.1) is 13.2 Å². The van der Waals surface area contributed by atoms with E-state index in [4.69, 9.17) is 4.74 Å². The Kier molecular flexibility index (Phi) is 2.73. The highest BCUT2D eigenvalue weighted by atomic mass is 16.5. The minimum Gasteiger partial charge on any atom is -0.497 e. The summed E-state index contributed by atoms with van der Waals surface area (Å²) in [5, 5.41) is 14.8. The number of methoxy groups -OCH3 is 1. The van der Waals surface area contributed by atoms with Crippen LogP contribution in [0.4, 0.5) is 5.69 Å². The maximum Gasteiger partial charge on any atom is 0.119 e. The average Bonchev–Trinajstić information content (AvgIpc) is 3.10. The number of hydrogen-bond acceptors (Lipinski definition) is 3. The van der Waals surface area contributed by atoms with Crippen LogP contribution in [-0.4, -0.2) is 18.3 Å². The number of aliphatic hydroxyl groups is 1. The highest BCUT2D eigenvalue weighted by molar-refractivity contribution is 5.59. The average molecular weight is 281 g/mol. The summed E-state index contributed by atoms with van der Waals surface area (Å²) in [6.07, 6.45) is 2.55. The zero-order chi connectivity index (χ0) is 14.4. The Hall–Kier alpha value is -2.00. The van der Waals surface area contributed by atoms with Gasteiger partial charge in [-0.2, -0.15) is 0 Å². The Labute approximate surface area is 124 Å². The van der Waals surface area contributed by atoms with Crippen LogP contribution in [0, 0.1) is 0 Å². The topological polar surface area (TPSA) is 41.5 Å². The van der Waals surface area contributed by atoms with Gasteiger partial charge in [-0.15, -0.1) is 0 Å². The summed E-state index contributed by atoms with van der Waals surface area (Å²) in [6, 6.07) is 14.4. The van der Waals surface area contributed by atoms with Crippen LogP contribution in [0.1, 0.15) is 23.1 Å². The summed E-state index contributed by atoms with van der Waals surface area (Å²) in [7, 11) is 1.67. The Balaban J connectivity index is 1.72. The molecule has 0 spiro atoms. The second-order valence-electron chi connectivity index (χ2n) is 6.01. The number of fused-ring (bicyclic) bond motifs is 2. The van der Waals surface area contributed by atoms with E-state index in [1.807, 2.05) is 18.2 Å². The van der Waals surface area contributed by atoms with E-state index in [-0.39, 0.29) is 6.04 Å². The fourth-order valence-corrected chi connectivity index (χ4v) is 3.71. The normalized spacial score (nSPS) is 26.1. The van der Waals surface area contributed by atoms with Crippen LogP contribution < -0.4 is 10.1 Å². The van der Waals surface area contributed by atoms with E-state index in [9.17, 15) is 5.11 Å². The first-order valence-electron chi connectivity index (χ1n) is 7.45. The lowest BCUT2D eigenvalue weighted by Crippen LogP contribution is -2.41. The first kappa shape index (κ1) is 12.7. The number of rotatable bonds is 2. The molecule has 108 valence electrons. The van der Waals surface area contributed by atoms with Crippen molar-refractivity contribution in [1.82, 2.24) is 0 Å². The van der Waals surface area contributed by atoms with Gasteiger partial charge in [0.15, 0.2) is 0 Å². The maximum atomic E-state index is 11.3. The molecular weight excluding hydrogens is 262 g/mol. The lowest BCUT2D eigenvalue weighted by atomic mass is 9.86. The fourth-order valence-electron chi connectivity index (χ4n) is 3.71. The Morgan fingerprint density at radius 3 is 2.86 bits per heavy atom. The van der Waals surface area contributed by atoms with Gasteiger partial charge in [0.25, 0.3) is 0 Å². The van der Waals surface area contributed by atoms with Gasteiger partial charge in [-0.05, 0) is 54.2 Å². The largest absolute Gasteiger partial charge is 0.497 e. The molecule has 3 nitrogen and oxygen atoms in total. The minimum atomic E-state index is -0.817. The second kappa shape index (κ2) is 4.50. The molecule has 21 heavy (non-hydrogen) atoms. The van der Waals surface area contributed by atoms with Gasteiger partial charge in [0.2, 0.25) is 0 Å². The molecule has 0 bridgehead atoms. The van der Waals surface area contributed by atoms with E-state index in [0.717, 1.165) is 36.3 Å². The molecule has 4 rings (SSSR count). The SMILES string of the molecule is COc1ccc2c(c1)C(O)(C1Cc3ccccc3N1)CC2. The number of anilines is 1. The third kappa shape index (κ3) is 1.84. The molecule has 1 heterocycles. The number of aryl methyl sites for hydroxylation is 1. The van der Waals surface area contributed by atoms with Gasteiger partial charge < -0.3 is 15.2 Å². The number of ether oxygens (including phenoxy) is 1. The van der Waals surface area contributed by atoms with Crippen molar-refractivity contribution in [3.8, 4) is 5.75 Å². The molecule has 2 unspecified atom stereocenters. The Bertz CT molecular complexity index is 672. The summed E-state index contributed by atoms with van der Waals surface area (Å²) in [5.41, 5.74) is 3.87. The maximum absolute atomic E-state index is 11.3. The molecule has 1 aliphatic carbocycles. The molecule has 0 aromatic heterocycles. The van der Waals surface area contributed by atoms with Crippen LogP contribution >= 0.6 is 0 Å². The van der Waals surface area contributed by atoms with Crippen LogP contribution in [0.3, 0.4) is 0 Å². The first-order valence-corrected chi connectivity index (χ1v) is 7.45. The summed E-state index contributed by atoms with van der Waals surface area (Å²) in [6.45, 7) is 0. The number of benzene rings is 2. The van der Waals surface area contributed by atoms with Crippen LogP contribution in [0.5, 0.6) is 5.75 Å². The number of hydrogen-bond donors (Lipinski definition) is 2. The Morgan fingerprint density at radius 1 is 1.19 bits per heavy atom. The predicted octanol–water partition coefficient (Wildman–Crippen LogP) is 2.87. The van der Waals surface area contributed by atoms with Crippen molar-refractivity contribution in [2.45, 2.75) is 30.9 Å². The van der Waals surface area contributed by atoms with Gasteiger partial charge in [0, 0.05) is 5.69 Å². The molecule has 3 heteroatoms. The molecule has 2 N–H and O–H groups in total. The van der Waals surface area contributed by atoms with Gasteiger partial charge in [0.1, 0.15) is 11.4 Å². The third-order valence-corrected chi connectivity index (χ3v) is 4.91. The second-order valence-corrected chi connectivity index (χ2v) is 6.01. The zero-order valence-electron chi connectivity index (χ0n) is 12.1. The molecule has 0 radical (unpaired) electrons. The molecule has 2 aromatic carbocycles. The van der Waals surface area contributed by atoms with E-state index in [2.05, 4.69) is 29.6 Å². The monoisotopic (exact) mass is 281 g/mol. The Morgan fingerprint density at radius 2 is 2.05 bits per heavy atom. The van der Waals surface area contributed by atoms with Gasteiger partial charge in [-0.1, -0.05) is 24.3 Å². The molecule has 0 saturated carbocycles. The van der Waals surface area contributed by atoms with E-state index in [0.29, 0.717) is 0 Å². The van der Waals surface area contributed by atoms with Gasteiger partial charge in [-0.3, -0.25) is 0 Å². The van der Waals surface area contributed by atoms with E-state index in [1.165, 1.54) is 11.1 Å². The fraction of sp³-hybridized carbons (Fsp3) is 0.333. The summed E-state index contributed by atoms with van der Waals surface area (Å²) in [5.74, 6) is 0.810. The van der Waals surface area contributed by atoms with Gasteiger partial charge in [-0.25, -0.2) is 0 Å². The molecule has 0 fully saturated rings. The van der Waals surface area contributed by atoms with Crippen molar-refractivity contribution in [3.63, 3.8) is 0 Å². The van der Waals surface area contributed by atoms with Crippen molar-refractivity contribution in [1.29, 1.82) is 0 Å². The van der Waals surface area contributed by atoms with Crippen LogP contribution in [0.15, 0.2) is 42.5 Å². The molecule has 0 amide bonds. The van der Waals surface area contributed by atoms with Crippen molar-refractivity contribution in [2.75, 3.05) is 12.4 Å². The van der Waals surface area contributed by atoms with Crippen molar-refractivity contribution in [2.24, 2.45) is 0 Å². The summed E-state index contributed by atoms with van der Waals surface area (Å²) >= 11 is 0. The number of nitrogens with one attached hydrogen (secondary N) is 1. The highest BCUT2D eigenvalue weighted by Gasteiger charge is 2.45. The molecule has 0 saturated heterocycles. The van der Waals surface area contributed by atoms with Crippen molar-refractivity contribution in [3.05, 3.63) is 59.2 Å². The van der Waals surface area contributed by atoms with Crippen LogP contribution in [0.2, 0.25) is 0 Å². The number of para-hydroxylation sites is 1. The van der Waals surface area contributed by atoms with E-state index in [1.54, 1.807) is 7.11 Å². The lowest BCUT2D eigenvalue weighted by Gasteiger charge is -2.31. The quantitative estimate of drug-likeness (QED) is 0.889. The van der Waals surface area contributed by atoms with E-state index < -0.39 is 5.60 Å².